The Bertz CT molecular complexity index is 415. The molecule has 1 amide bonds. The Morgan fingerprint density at radius 2 is 2.07 bits per heavy atom. The number of aliphatic imine (C=N–C) groups is 1. The standard InChI is InChI=1S/C10H12N4O/c1-10(7-3-5-12-6-4-7)8(15)13-9(11-2)14-10/h3-6H,1-2H3,(H2,11,13,14,15). The normalized spacial score (nSPS) is 27.6. The van der Waals surface area contributed by atoms with E-state index >= 15 is 0 Å². The van der Waals surface area contributed by atoms with Crippen LogP contribution in [0.5, 0.6) is 0 Å². The molecule has 2 N–H and O–H groups in total. The number of rotatable bonds is 1. The van der Waals surface area contributed by atoms with Gasteiger partial charge in [0.25, 0.3) is 5.91 Å². The van der Waals surface area contributed by atoms with Crippen molar-refractivity contribution in [2.45, 2.75) is 12.5 Å². The average molecular weight is 204 g/mol. The molecule has 2 rings (SSSR count). The van der Waals surface area contributed by atoms with Crippen LogP contribution in [0.3, 0.4) is 0 Å². The summed E-state index contributed by atoms with van der Waals surface area (Å²) in [5.41, 5.74) is 0.117. The molecule has 1 atom stereocenters. The Morgan fingerprint density at radius 1 is 1.40 bits per heavy atom. The number of hydrogen-bond acceptors (Lipinski definition) is 3. The minimum absolute atomic E-state index is 0.102. The molecule has 1 aromatic rings. The van der Waals surface area contributed by atoms with Crippen LogP contribution in [0.1, 0.15) is 12.5 Å². The van der Waals surface area contributed by atoms with E-state index in [9.17, 15) is 4.79 Å². The van der Waals surface area contributed by atoms with E-state index in [1.54, 1.807) is 19.4 Å². The molecule has 0 aromatic carbocycles. The van der Waals surface area contributed by atoms with Crippen LogP contribution in [0.2, 0.25) is 0 Å². The van der Waals surface area contributed by atoms with Gasteiger partial charge in [-0.05, 0) is 24.6 Å². The molecule has 1 fully saturated rings. The summed E-state index contributed by atoms with van der Waals surface area (Å²) in [6, 6.07) is 3.62. The van der Waals surface area contributed by atoms with Crippen LogP contribution in [0.15, 0.2) is 29.5 Å². The minimum atomic E-state index is -0.752. The lowest BCUT2D eigenvalue weighted by molar-refractivity contribution is -0.123. The largest absolute Gasteiger partial charge is 0.338 e. The van der Waals surface area contributed by atoms with Crippen LogP contribution in [0.4, 0.5) is 0 Å². The zero-order chi connectivity index (χ0) is 10.9. The summed E-state index contributed by atoms with van der Waals surface area (Å²) in [6.45, 7) is 1.82. The van der Waals surface area contributed by atoms with E-state index in [1.807, 2.05) is 19.1 Å². The van der Waals surface area contributed by atoms with Crippen molar-refractivity contribution in [2.75, 3.05) is 7.05 Å². The van der Waals surface area contributed by atoms with E-state index in [4.69, 9.17) is 0 Å². The topological polar surface area (TPSA) is 66.4 Å². The van der Waals surface area contributed by atoms with Crippen molar-refractivity contribution in [2.24, 2.45) is 4.99 Å². The quantitative estimate of drug-likeness (QED) is 0.676. The van der Waals surface area contributed by atoms with Crippen molar-refractivity contribution >= 4 is 11.9 Å². The fourth-order valence-electron chi connectivity index (χ4n) is 1.56. The Balaban J connectivity index is 2.40. The van der Waals surface area contributed by atoms with Crippen LogP contribution in [-0.4, -0.2) is 23.9 Å². The molecular formula is C10H12N4O. The molecule has 5 nitrogen and oxygen atoms in total. The van der Waals surface area contributed by atoms with Crippen molar-refractivity contribution in [3.8, 4) is 0 Å². The van der Waals surface area contributed by atoms with Crippen LogP contribution in [0, 0.1) is 0 Å². The van der Waals surface area contributed by atoms with Gasteiger partial charge >= 0.3 is 0 Å². The van der Waals surface area contributed by atoms with Crippen molar-refractivity contribution in [3.63, 3.8) is 0 Å². The first kappa shape index (κ1) is 9.64. The number of guanidine groups is 1. The van der Waals surface area contributed by atoms with Gasteiger partial charge in [-0.2, -0.15) is 0 Å². The zero-order valence-electron chi connectivity index (χ0n) is 8.61. The van der Waals surface area contributed by atoms with Gasteiger partial charge in [0, 0.05) is 19.4 Å². The maximum Gasteiger partial charge on any atom is 0.256 e. The lowest BCUT2D eigenvalue weighted by atomic mass is 9.93. The predicted molar refractivity (Wildman–Crippen MR) is 56.2 cm³/mol. The van der Waals surface area contributed by atoms with Gasteiger partial charge in [0.2, 0.25) is 0 Å². The van der Waals surface area contributed by atoms with Crippen molar-refractivity contribution in [3.05, 3.63) is 30.1 Å². The average Bonchev–Trinajstić information content (AvgIpc) is 2.57. The number of hydrogen-bond donors (Lipinski definition) is 2. The molecule has 1 aromatic heterocycles. The number of pyridine rings is 1. The minimum Gasteiger partial charge on any atom is -0.338 e. The molecule has 5 heteroatoms. The van der Waals surface area contributed by atoms with Gasteiger partial charge in [-0.25, -0.2) is 0 Å². The Morgan fingerprint density at radius 3 is 2.60 bits per heavy atom. The number of nitrogens with zero attached hydrogens (tertiary/aromatic N) is 2. The van der Waals surface area contributed by atoms with E-state index < -0.39 is 5.54 Å². The van der Waals surface area contributed by atoms with Crippen molar-refractivity contribution in [1.82, 2.24) is 15.6 Å². The van der Waals surface area contributed by atoms with Crippen molar-refractivity contribution < 1.29 is 4.79 Å². The Kier molecular flexibility index (Phi) is 2.15. The molecule has 1 saturated heterocycles. The van der Waals surface area contributed by atoms with Gasteiger partial charge in [0.05, 0.1) is 0 Å². The number of carbonyl (C=O) groups excluding carboxylic acids is 1. The molecule has 0 aliphatic carbocycles. The SMILES string of the molecule is CN=C1NC(=O)C(C)(c2ccncc2)N1. The third-order valence-corrected chi connectivity index (χ3v) is 2.54. The van der Waals surface area contributed by atoms with Gasteiger partial charge < -0.3 is 5.32 Å². The molecule has 15 heavy (non-hydrogen) atoms. The summed E-state index contributed by atoms with van der Waals surface area (Å²) in [7, 11) is 1.63. The molecule has 2 heterocycles. The summed E-state index contributed by atoms with van der Waals surface area (Å²) in [5, 5.41) is 5.72. The zero-order valence-corrected chi connectivity index (χ0v) is 8.61. The van der Waals surface area contributed by atoms with E-state index in [0.717, 1.165) is 5.56 Å². The second-order valence-corrected chi connectivity index (χ2v) is 3.51. The molecule has 1 aliphatic rings. The van der Waals surface area contributed by atoms with E-state index in [-0.39, 0.29) is 5.91 Å². The second-order valence-electron chi connectivity index (χ2n) is 3.51. The second kappa shape index (κ2) is 3.34. The monoisotopic (exact) mass is 204 g/mol. The van der Waals surface area contributed by atoms with E-state index in [2.05, 4.69) is 20.6 Å². The van der Waals surface area contributed by atoms with Gasteiger partial charge in [-0.3, -0.25) is 20.1 Å². The first-order valence-electron chi connectivity index (χ1n) is 4.64. The molecular weight excluding hydrogens is 192 g/mol. The highest BCUT2D eigenvalue weighted by Crippen LogP contribution is 2.23. The van der Waals surface area contributed by atoms with Crippen LogP contribution < -0.4 is 10.6 Å². The summed E-state index contributed by atoms with van der Waals surface area (Å²) < 4.78 is 0. The van der Waals surface area contributed by atoms with Crippen LogP contribution >= 0.6 is 0 Å². The number of carbonyl (C=O) groups is 1. The third-order valence-electron chi connectivity index (χ3n) is 2.54. The first-order chi connectivity index (χ1) is 7.16. The lowest BCUT2D eigenvalue weighted by Crippen LogP contribution is -2.40. The molecule has 0 saturated carbocycles. The van der Waals surface area contributed by atoms with E-state index in [1.165, 1.54) is 0 Å². The maximum atomic E-state index is 11.8. The van der Waals surface area contributed by atoms with Gasteiger partial charge in [0.15, 0.2) is 5.96 Å². The number of nitrogens with one attached hydrogen (secondary N) is 2. The smallest absolute Gasteiger partial charge is 0.256 e. The van der Waals surface area contributed by atoms with Crippen LogP contribution in [-0.2, 0) is 10.3 Å². The Labute approximate surface area is 87.6 Å². The lowest BCUT2D eigenvalue weighted by Gasteiger charge is -2.20. The molecule has 78 valence electrons. The van der Waals surface area contributed by atoms with Crippen molar-refractivity contribution in [1.29, 1.82) is 0 Å². The summed E-state index contributed by atoms with van der Waals surface area (Å²) >= 11 is 0. The summed E-state index contributed by atoms with van der Waals surface area (Å²) in [4.78, 5) is 19.6. The highest BCUT2D eigenvalue weighted by atomic mass is 16.2. The molecule has 0 bridgehead atoms. The van der Waals surface area contributed by atoms with Crippen LogP contribution in [0.25, 0.3) is 0 Å². The fraction of sp³-hybridized carbons (Fsp3) is 0.300. The maximum absolute atomic E-state index is 11.8. The highest BCUT2D eigenvalue weighted by Gasteiger charge is 2.41. The molecule has 0 spiro atoms. The number of amides is 1. The highest BCUT2D eigenvalue weighted by molar-refractivity contribution is 6.09. The number of aromatic nitrogens is 1. The van der Waals surface area contributed by atoms with Gasteiger partial charge in [0.1, 0.15) is 5.54 Å². The third kappa shape index (κ3) is 1.45. The summed E-state index contributed by atoms with van der Waals surface area (Å²) in [6.07, 6.45) is 3.33. The van der Waals surface area contributed by atoms with Gasteiger partial charge in [-0.1, -0.05) is 0 Å². The molecule has 1 aliphatic heterocycles. The van der Waals surface area contributed by atoms with Gasteiger partial charge in [-0.15, -0.1) is 0 Å². The summed E-state index contributed by atoms with van der Waals surface area (Å²) in [5.74, 6) is 0.397. The molecule has 1 unspecified atom stereocenters. The Hall–Kier alpha value is -1.91. The fourth-order valence-corrected chi connectivity index (χ4v) is 1.56. The first-order valence-corrected chi connectivity index (χ1v) is 4.64. The van der Waals surface area contributed by atoms with E-state index in [0.29, 0.717) is 5.96 Å². The predicted octanol–water partition coefficient (Wildman–Crippen LogP) is 0.00200. The molecule has 0 radical (unpaired) electrons.